The summed E-state index contributed by atoms with van der Waals surface area (Å²) in [5.41, 5.74) is -0.0430. The van der Waals surface area contributed by atoms with Gasteiger partial charge in [-0.15, -0.1) is 0 Å². The van der Waals surface area contributed by atoms with Gasteiger partial charge in [0.2, 0.25) is 5.91 Å². The fourth-order valence-electron chi connectivity index (χ4n) is 3.20. The molecule has 8 nitrogen and oxygen atoms in total. The molecule has 0 aliphatic carbocycles. The van der Waals surface area contributed by atoms with Crippen molar-refractivity contribution >= 4 is 54.3 Å². The minimum Gasteiger partial charge on any atom is -0.348 e. The number of hydrogen-bond acceptors (Lipinski definition) is 6. The van der Waals surface area contributed by atoms with Crippen LogP contribution in [0.2, 0.25) is 0 Å². The zero-order valence-electron chi connectivity index (χ0n) is 15.1. The van der Waals surface area contributed by atoms with Crippen LogP contribution in [0.25, 0.3) is 10.3 Å². The number of carbonyl (C=O) groups excluding carboxylic acids is 1. The zero-order valence-corrected chi connectivity index (χ0v) is 17.5. The van der Waals surface area contributed by atoms with Crippen molar-refractivity contribution in [2.45, 2.75) is 19.4 Å². The molecule has 4 rings (SSSR count). The predicted molar refractivity (Wildman–Crippen MR) is 113 cm³/mol. The standard InChI is InChI=1S/C18H18BrN5O3S/c1-22-16(26)14-15(21-17(28-14)23-8-2-3-9-23)24(18(22)27)10-13(25)20-12-6-4-11(19)5-7-12/h4-7H,2-3,8-10H2,1H3,(H,20,25). The fourth-order valence-corrected chi connectivity index (χ4v) is 4.56. The summed E-state index contributed by atoms with van der Waals surface area (Å²) in [5, 5.41) is 3.48. The quantitative estimate of drug-likeness (QED) is 0.640. The molecule has 3 aromatic rings. The van der Waals surface area contributed by atoms with E-state index in [1.807, 2.05) is 12.1 Å². The van der Waals surface area contributed by atoms with Crippen molar-refractivity contribution in [1.29, 1.82) is 0 Å². The summed E-state index contributed by atoms with van der Waals surface area (Å²) in [6.07, 6.45) is 2.16. The van der Waals surface area contributed by atoms with Crippen LogP contribution < -0.4 is 21.5 Å². The van der Waals surface area contributed by atoms with Gasteiger partial charge in [0, 0.05) is 30.3 Å². The average molecular weight is 464 g/mol. The van der Waals surface area contributed by atoms with Crippen LogP contribution in [0.1, 0.15) is 12.8 Å². The number of nitrogens with one attached hydrogen (secondary N) is 1. The predicted octanol–water partition coefficient (Wildman–Crippen LogP) is 2.16. The van der Waals surface area contributed by atoms with Crippen LogP contribution in [-0.2, 0) is 18.4 Å². The van der Waals surface area contributed by atoms with Gasteiger partial charge in [-0.05, 0) is 37.1 Å². The van der Waals surface area contributed by atoms with Crippen molar-refractivity contribution in [2.24, 2.45) is 7.05 Å². The first-order valence-electron chi connectivity index (χ1n) is 8.85. The molecular weight excluding hydrogens is 446 g/mol. The molecule has 10 heteroatoms. The molecule has 0 atom stereocenters. The molecule has 3 heterocycles. The van der Waals surface area contributed by atoms with E-state index in [9.17, 15) is 14.4 Å². The van der Waals surface area contributed by atoms with Crippen molar-refractivity contribution in [3.63, 3.8) is 0 Å². The summed E-state index contributed by atoms with van der Waals surface area (Å²) in [5.74, 6) is -0.361. The number of amides is 1. The lowest BCUT2D eigenvalue weighted by atomic mass is 10.3. The van der Waals surface area contributed by atoms with Crippen molar-refractivity contribution < 1.29 is 4.79 Å². The number of carbonyl (C=O) groups is 1. The molecule has 1 aliphatic rings. The number of anilines is 2. The van der Waals surface area contributed by atoms with Crippen molar-refractivity contribution in [3.8, 4) is 0 Å². The van der Waals surface area contributed by atoms with Crippen LogP contribution in [0.5, 0.6) is 0 Å². The molecule has 0 radical (unpaired) electrons. The normalized spacial score (nSPS) is 14.0. The van der Waals surface area contributed by atoms with Crippen LogP contribution >= 0.6 is 27.3 Å². The van der Waals surface area contributed by atoms with E-state index in [4.69, 9.17) is 0 Å². The molecule has 146 valence electrons. The third-order valence-electron chi connectivity index (χ3n) is 4.68. The molecule has 0 spiro atoms. The van der Waals surface area contributed by atoms with Crippen LogP contribution in [-0.4, -0.2) is 33.1 Å². The number of aromatic nitrogens is 3. The van der Waals surface area contributed by atoms with Gasteiger partial charge in [0.05, 0.1) is 0 Å². The van der Waals surface area contributed by atoms with Crippen LogP contribution in [0.3, 0.4) is 0 Å². The summed E-state index contributed by atoms with van der Waals surface area (Å²) >= 11 is 4.62. The Bertz CT molecular complexity index is 1160. The molecule has 1 fully saturated rings. The van der Waals surface area contributed by atoms with Crippen molar-refractivity contribution in [1.82, 2.24) is 14.1 Å². The van der Waals surface area contributed by atoms with Gasteiger partial charge in [-0.1, -0.05) is 27.3 Å². The molecule has 2 aromatic heterocycles. The smallest absolute Gasteiger partial charge is 0.332 e. The summed E-state index contributed by atoms with van der Waals surface area (Å²) in [7, 11) is 1.42. The Kier molecular flexibility index (Phi) is 5.07. The highest BCUT2D eigenvalue weighted by Gasteiger charge is 2.22. The molecule has 1 amide bonds. The highest BCUT2D eigenvalue weighted by molar-refractivity contribution is 9.10. The van der Waals surface area contributed by atoms with E-state index < -0.39 is 5.69 Å². The number of rotatable bonds is 4. The van der Waals surface area contributed by atoms with Crippen molar-refractivity contribution in [3.05, 3.63) is 49.6 Å². The number of nitrogens with zero attached hydrogens (tertiary/aromatic N) is 4. The van der Waals surface area contributed by atoms with Gasteiger partial charge in [-0.2, -0.15) is 0 Å². The van der Waals surface area contributed by atoms with E-state index in [1.165, 1.54) is 23.0 Å². The van der Waals surface area contributed by atoms with E-state index in [-0.39, 0.29) is 23.7 Å². The van der Waals surface area contributed by atoms with Gasteiger partial charge in [-0.25, -0.2) is 9.78 Å². The number of hydrogen-bond donors (Lipinski definition) is 1. The van der Waals surface area contributed by atoms with Crippen LogP contribution in [0.15, 0.2) is 38.3 Å². The Balaban J connectivity index is 1.70. The van der Waals surface area contributed by atoms with Crippen LogP contribution in [0, 0.1) is 0 Å². The molecule has 28 heavy (non-hydrogen) atoms. The Labute approximate surface area is 172 Å². The van der Waals surface area contributed by atoms with E-state index in [1.54, 1.807) is 12.1 Å². The Morgan fingerprint density at radius 2 is 1.89 bits per heavy atom. The lowest BCUT2D eigenvalue weighted by molar-refractivity contribution is -0.116. The second-order valence-electron chi connectivity index (χ2n) is 6.63. The monoisotopic (exact) mass is 463 g/mol. The van der Waals surface area contributed by atoms with Gasteiger partial charge in [0.15, 0.2) is 10.8 Å². The topological polar surface area (TPSA) is 89.2 Å². The fraction of sp³-hybridized carbons (Fsp3) is 0.333. The van der Waals surface area contributed by atoms with Crippen molar-refractivity contribution in [2.75, 3.05) is 23.3 Å². The van der Waals surface area contributed by atoms with Gasteiger partial charge < -0.3 is 10.2 Å². The first kappa shape index (κ1) is 18.9. The Hall–Kier alpha value is -2.46. The number of benzene rings is 1. The molecule has 1 N–H and O–H groups in total. The second kappa shape index (κ2) is 7.51. The Morgan fingerprint density at radius 3 is 2.57 bits per heavy atom. The molecule has 0 bridgehead atoms. The molecule has 1 saturated heterocycles. The number of fused-ring (bicyclic) bond motifs is 1. The summed E-state index contributed by atoms with van der Waals surface area (Å²) in [6, 6.07) is 7.15. The first-order chi connectivity index (χ1) is 13.4. The molecule has 1 aromatic carbocycles. The van der Waals surface area contributed by atoms with Gasteiger partial charge in [0.25, 0.3) is 5.56 Å². The maximum Gasteiger partial charge on any atom is 0.332 e. The van der Waals surface area contributed by atoms with Crippen LogP contribution in [0.4, 0.5) is 10.8 Å². The first-order valence-corrected chi connectivity index (χ1v) is 10.5. The number of halogens is 1. The zero-order chi connectivity index (χ0) is 19.8. The van der Waals surface area contributed by atoms with E-state index in [2.05, 4.69) is 31.1 Å². The molecule has 0 unspecified atom stereocenters. The largest absolute Gasteiger partial charge is 0.348 e. The van der Waals surface area contributed by atoms with Gasteiger partial charge in [-0.3, -0.25) is 18.7 Å². The van der Waals surface area contributed by atoms with E-state index in [0.29, 0.717) is 10.4 Å². The maximum absolute atomic E-state index is 12.7. The average Bonchev–Trinajstić information content (AvgIpc) is 3.35. The maximum atomic E-state index is 12.7. The summed E-state index contributed by atoms with van der Waals surface area (Å²) in [6.45, 7) is 1.55. The SMILES string of the molecule is Cn1c(=O)c2sc(N3CCCC3)nc2n(CC(=O)Nc2ccc(Br)cc2)c1=O. The second-order valence-corrected chi connectivity index (χ2v) is 8.52. The molecular formula is C18H18BrN5O3S. The van der Waals surface area contributed by atoms with Gasteiger partial charge >= 0.3 is 5.69 Å². The highest BCUT2D eigenvalue weighted by atomic mass is 79.9. The third kappa shape index (κ3) is 3.49. The lowest BCUT2D eigenvalue weighted by Crippen LogP contribution is -2.39. The van der Waals surface area contributed by atoms with Gasteiger partial charge in [0.1, 0.15) is 11.2 Å². The highest BCUT2D eigenvalue weighted by Crippen LogP contribution is 2.28. The van der Waals surface area contributed by atoms with E-state index in [0.717, 1.165) is 40.1 Å². The lowest BCUT2D eigenvalue weighted by Gasteiger charge is -2.12. The molecule has 0 saturated carbocycles. The minimum atomic E-state index is -0.554. The number of thiazole rings is 1. The summed E-state index contributed by atoms with van der Waals surface area (Å²) in [4.78, 5) is 44.4. The molecule has 1 aliphatic heterocycles. The summed E-state index contributed by atoms with van der Waals surface area (Å²) < 4.78 is 3.58. The Morgan fingerprint density at radius 1 is 1.21 bits per heavy atom. The minimum absolute atomic E-state index is 0.220. The van der Waals surface area contributed by atoms with E-state index >= 15 is 0 Å². The third-order valence-corrected chi connectivity index (χ3v) is 6.30.